The van der Waals surface area contributed by atoms with Gasteiger partial charge in [0.05, 0.1) is 13.1 Å². The van der Waals surface area contributed by atoms with Gasteiger partial charge in [-0.15, -0.1) is 0 Å². The maximum Gasteiger partial charge on any atom is 0.410 e. The monoisotopic (exact) mass is 517 g/mol. The molecule has 0 spiro atoms. The van der Waals surface area contributed by atoms with E-state index in [0.29, 0.717) is 37.4 Å². The van der Waals surface area contributed by atoms with Crippen molar-refractivity contribution in [3.8, 4) is 0 Å². The van der Waals surface area contributed by atoms with Gasteiger partial charge in [0, 0.05) is 19.6 Å². The van der Waals surface area contributed by atoms with Gasteiger partial charge >= 0.3 is 6.09 Å². The van der Waals surface area contributed by atoms with Crippen LogP contribution in [0.1, 0.15) is 66.4 Å². The minimum absolute atomic E-state index is 0.00406. The van der Waals surface area contributed by atoms with Crippen LogP contribution in [0.3, 0.4) is 0 Å². The summed E-state index contributed by atoms with van der Waals surface area (Å²) in [7, 11) is 0. The van der Waals surface area contributed by atoms with Crippen LogP contribution in [0.25, 0.3) is 0 Å². The molecule has 8 nitrogen and oxygen atoms in total. The van der Waals surface area contributed by atoms with Gasteiger partial charge in [-0.05, 0) is 42.6 Å². The summed E-state index contributed by atoms with van der Waals surface area (Å²) >= 11 is 0. The maximum atomic E-state index is 13.4. The highest BCUT2D eigenvalue weighted by molar-refractivity contribution is 5.88. The second kappa shape index (κ2) is 17.5. The summed E-state index contributed by atoms with van der Waals surface area (Å²) in [6, 6.07) is 9.40. The Kier molecular flexibility index (Phi) is 15.2. The normalized spacial score (nSPS) is 11.1. The van der Waals surface area contributed by atoms with Crippen LogP contribution in [-0.4, -0.2) is 78.2 Å². The van der Waals surface area contributed by atoms with Gasteiger partial charge in [0.15, 0.2) is 0 Å². The summed E-state index contributed by atoms with van der Waals surface area (Å²) in [5, 5.41) is 0. The molecule has 1 rings (SSSR count). The Hall–Kier alpha value is -2.90. The lowest BCUT2D eigenvalue weighted by molar-refractivity contribution is -0.141. The second-order valence-electron chi connectivity index (χ2n) is 10.8. The smallest absolute Gasteiger partial charge is 0.410 e. The van der Waals surface area contributed by atoms with Crippen molar-refractivity contribution in [2.24, 2.45) is 17.8 Å². The SMILES string of the molecule is CC(C)CCN(CC=O)C(=O)CN(CCC(C)C)C(=O)CN(CCC(C)C)C(=O)OCc1ccccc1. The Morgan fingerprint density at radius 2 is 1.19 bits per heavy atom. The number of hydrogen-bond acceptors (Lipinski definition) is 5. The van der Waals surface area contributed by atoms with E-state index in [1.165, 1.54) is 14.7 Å². The molecular weight excluding hydrogens is 470 g/mol. The number of aldehydes is 1. The first kappa shape index (κ1) is 32.1. The summed E-state index contributed by atoms with van der Waals surface area (Å²) in [6.07, 6.45) is 2.39. The molecule has 0 saturated heterocycles. The molecule has 8 heteroatoms. The first-order valence-corrected chi connectivity index (χ1v) is 13.5. The van der Waals surface area contributed by atoms with Gasteiger partial charge in [0.2, 0.25) is 11.8 Å². The zero-order chi connectivity index (χ0) is 27.8. The van der Waals surface area contributed by atoms with E-state index in [2.05, 4.69) is 41.5 Å². The third-order valence-corrected chi connectivity index (χ3v) is 6.05. The van der Waals surface area contributed by atoms with E-state index in [1.54, 1.807) is 0 Å². The van der Waals surface area contributed by atoms with Gasteiger partial charge in [-0.25, -0.2) is 4.79 Å². The molecule has 1 aromatic rings. The van der Waals surface area contributed by atoms with E-state index in [9.17, 15) is 19.2 Å². The fraction of sp³-hybridized carbons (Fsp3) is 0.655. The second-order valence-corrected chi connectivity index (χ2v) is 10.8. The van der Waals surface area contributed by atoms with Gasteiger partial charge < -0.3 is 19.3 Å². The Morgan fingerprint density at radius 1 is 0.730 bits per heavy atom. The highest BCUT2D eigenvalue weighted by atomic mass is 16.6. The summed E-state index contributed by atoms with van der Waals surface area (Å²) < 4.78 is 5.51. The molecule has 0 saturated carbocycles. The average Bonchev–Trinajstić information content (AvgIpc) is 2.85. The number of ether oxygens (including phenoxy) is 1. The number of rotatable bonds is 17. The standard InChI is InChI=1S/C29H47N3O5/c1-23(2)12-15-30(18-19-33)27(34)20-31(16-13-24(3)4)28(35)21-32(17-14-25(5)6)29(36)37-22-26-10-8-7-9-11-26/h7-11,19,23-25H,12-18,20-22H2,1-6H3. The van der Waals surface area contributed by atoms with Crippen LogP contribution in [-0.2, 0) is 25.7 Å². The van der Waals surface area contributed by atoms with Gasteiger partial charge in [-0.1, -0.05) is 71.9 Å². The molecule has 1 aromatic carbocycles. The summed E-state index contributed by atoms with van der Waals surface area (Å²) in [4.78, 5) is 55.0. The molecule has 0 aliphatic heterocycles. The van der Waals surface area contributed by atoms with Crippen molar-refractivity contribution in [3.63, 3.8) is 0 Å². The van der Waals surface area contributed by atoms with Crippen LogP contribution >= 0.6 is 0 Å². The van der Waals surface area contributed by atoms with E-state index >= 15 is 0 Å². The molecule has 0 radical (unpaired) electrons. The lowest BCUT2D eigenvalue weighted by Gasteiger charge is -2.30. The van der Waals surface area contributed by atoms with Crippen molar-refractivity contribution in [2.45, 2.75) is 67.4 Å². The van der Waals surface area contributed by atoms with Crippen LogP contribution in [0.15, 0.2) is 30.3 Å². The highest BCUT2D eigenvalue weighted by Crippen LogP contribution is 2.10. The zero-order valence-corrected chi connectivity index (χ0v) is 23.7. The Labute approximate surface area is 223 Å². The summed E-state index contributed by atoms with van der Waals surface area (Å²) in [5.41, 5.74) is 0.867. The van der Waals surface area contributed by atoms with Gasteiger partial charge in [-0.3, -0.25) is 14.5 Å². The zero-order valence-electron chi connectivity index (χ0n) is 23.7. The van der Waals surface area contributed by atoms with Crippen LogP contribution in [0.5, 0.6) is 0 Å². The lowest BCUT2D eigenvalue weighted by atomic mass is 10.1. The molecule has 0 aliphatic rings. The number of carbonyl (C=O) groups excluding carboxylic acids is 4. The van der Waals surface area contributed by atoms with Gasteiger partial charge in [0.25, 0.3) is 0 Å². The van der Waals surface area contributed by atoms with Crippen molar-refractivity contribution in [2.75, 3.05) is 39.3 Å². The van der Waals surface area contributed by atoms with Crippen LogP contribution in [0, 0.1) is 17.8 Å². The van der Waals surface area contributed by atoms with Crippen LogP contribution in [0.2, 0.25) is 0 Å². The largest absolute Gasteiger partial charge is 0.445 e. The average molecular weight is 518 g/mol. The summed E-state index contributed by atoms with van der Waals surface area (Å²) in [5.74, 6) is 0.507. The van der Waals surface area contributed by atoms with Crippen molar-refractivity contribution < 1.29 is 23.9 Å². The molecule has 0 bridgehead atoms. The predicted octanol–water partition coefficient (Wildman–Crippen LogP) is 4.62. The number of benzene rings is 1. The van der Waals surface area contributed by atoms with E-state index < -0.39 is 6.09 Å². The fourth-order valence-corrected chi connectivity index (χ4v) is 3.51. The molecule has 0 heterocycles. The molecule has 0 aliphatic carbocycles. The van der Waals surface area contributed by atoms with E-state index in [-0.39, 0.29) is 38.1 Å². The fourth-order valence-electron chi connectivity index (χ4n) is 3.51. The Morgan fingerprint density at radius 3 is 1.70 bits per heavy atom. The number of amides is 3. The predicted molar refractivity (Wildman–Crippen MR) is 146 cm³/mol. The minimum atomic E-state index is -0.549. The summed E-state index contributed by atoms with van der Waals surface area (Å²) in [6.45, 7) is 13.4. The molecular formula is C29H47N3O5. The number of nitrogens with zero attached hydrogens (tertiary/aromatic N) is 3. The van der Waals surface area contributed by atoms with Crippen LogP contribution < -0.4 is 0 Å². The number of hydrogen-bond donors (Lipinski definition) is 0. The van der Waals surface area contributed by atoms with Crippen molar-refractivity contribution >= 4 is 24.2 Å². The number of carbonyl (C=O) groups is 4. The maximum absolute atomic E-state index is 13.4. The van der Waals surface area contributed by atoms with Gasteiger partial charge in [0.1, 0.15) is 19.4 Å². The van der Waals surface area contributed by atoms with Gasteiger partial charge in [-0.2, -0.15) is 0 Å². The lowest BCUT2D eigenvalue weighted by Crippen LogP contribution is -2.48. The third-order valence-electron chi connectivity index (χ3n) is 6.05. The van der Waals surface area contributed by atoms with Crippen molar-refractivity contribution in [1.82, 2.24) is 14.7 Å². The molecule has 208 valence electrons. The molecule has 0 unspecified atom stereocenters. The third kappa shape index (κ3) is 13.8. The Balaban J connectivity index is 2.96. The molecule has 0 atom stereocenters. The molecule has 3 amide bonds. The van der Waals surface area contributed by atoms with Crippen molar-refractivity contribution in [1.29, 1.82) is 0 Å². The van der Waals surface area contributed by atoms with Crippen molar-refractivity contribution in [3.05, 3.63) is 35.9 Å². The van der Waals surface area contributed by atoms with E-state index in [0.717, 1.165) is 31.1 Å². The quantitative estimate of drug-likeness (QED) is 0.282. The first-order valence-electron chi connectivity index (χ1n) is 13.5. The van der Waals surface area contributed by atoms with E-state index in [4.69, 9.17) is 4.74 Å². The Bertz CT molecular complexity index is 826. The molecule has 37 heavy (non-hydrogen) atoms. The minimum Gasteiger partial charge on any atom is -0.445 e. The molecule has 0 N–H and O–H groups in total. The highest BCUT2D eigenvalue weighted by Gasteiger charge is 2.26. The topological polar surface area (TPSA) is 87.2 Å². The first-order chi connectivity index (χ1) is 17.5. The van der Waals surface area contributed by atoms with Crippen LogP contribution in [0.4, 0.5) is 4.79 Å². The van der Waals surface area contributed by atoms with E-state index in [1.807, 2.05) is 30.3 Å². The molecule has 0 fully saturated rings. The molecule has 0 aromatic heterocycles.